The van der Waals surface area contributed by atoms with Gasteiger partial charge in [-0.1, -0.05) is 48.5 Å². The van der Waals surface area contributed by atoms with Crippen LogP contribution in [0.2, 0.25) is 0 Å². The van der Waals surface area contributed by atoms with Crippen LogP contribution in [0.25, 0.3) is 6.08 Å². The number of nitrogens with zero attached hydrogens (tertiary/aromatic N) is 2. The molecular formula is C33H30N4O5. The van der Waals surface area contributed by atoms with Crippen molar-refractivity contribution in [1.29, 1.82) is 0 Å². The molecule has 4 aromatic carbocycles. The molecule has 9 heteroatoms. The van der Waals surface area contributed by atoms with Gasteiger partial charge < -0.3 is 19.7 Å². The maximum Gasteiger partial charge on any atom is 0.343 e. The first-order valence-corrected chi connectivity index (χ1v) is 13.0. The van der Waals surface area contributed by atoms with Gasteiger partial charge in [-0.3, -0.25) is 9.59 Å². The molecular weight excluding hydrogens is 532 g/mol. The molecule has 0 heterocycles. The van der Waals surface area contributed by atoms with E-state index in [9.17, 15) is 14.4 Å². The first-order chi connectivity index (χ1) is 20.3. The van der Waals surface area contributed by atoms with Crippen molar-refractivity contribution in [3.8, 4) is 11.5 Å². The fourth-order valence-corrected chi connectivity index (χ4v) is 3.79. The standard InChI is InChI=1S/C33H30N4O5/c1-37(2)27-17-14-23(15-18-27)20-28(35-31(38)25-10-6-4-7-11-25)32(39)36-34-22-24-16-19-29(30(21-24)41-3)42-33(40)26-12-8-5-9-13-26/h4-22H,1-3H3,(H,35,38)(H,36,39)/b28-20-,34-22+. The molecule has 0 saturated carbocycles. The van der Waals surface area contributed by atoms with Crippen LogP contribution in [-0.2, 0) is 4.79 Å². The van der Waals surface area contributed by atoms with E-state index in [2.05, 4.69) is 15.8 Å². The van der Waals surface area contributed by atoms with Crippen LogP contribution < -0.4 is 25.1 Å². The predicted octanol–water partition coefficient (Wildman–Crippen LogP) is 4.90. The molecule has 0 saturated heterocycles. The fourth-order valence-electron chi connectivity index (χ4n) is 3.79. The van der Waals surface area contributed by atoms with Gasteiger partial charge in [0.05, 0.1) is 18.9 Å². The molecule has 42 heavy (non-hydrogen) atoms. The summed E-state index contributed by atoms with van der Waals surface area (Å²) in [5.41, 5.74) is 5.57. The molecule has 4 aromatic rings. The molecule has 0 unspecified atom stereocenters. The lowest BCUT2D eigenvalue weighted by Gasteiger charge is -2.13. The second kappa shape index (κ2) is 14.1. The summed E-state index contributed by atoms with van der Waals surface area (Å²) in [6.07, 6.45) is 2.98. The van der Waals surface area contributed by atoms with Crippen molar-refractivity contribution >= 4 is 35.8 Å². The molecule has 4 rings (SSSR count). The summed E-state index contributed by atoms with van der Waals surface area (Å²) in [6.45, 7) is 0. The highest BCUT2D eigenvalue weighted by Gasteiger charge is 2.15. The van der Waals surface area contributed by atoms with Gasteiger partial charge in [0.1, 0.15) is 5.70 Å². The van der Waals surface area contributed by atoms with Crippen LogP contribution in [0, 0.1) is 0 Å². The number of hydrogen-bond acceptors (Lipinski definition) is 7. The minimum absolute atomic E-state index is 0.0133. The number of esters is 1. The Hall–Kier alpha value is -5.70. The number of ether oxygens (including phenoxy) is 2. The lowest BCUT2D eigenvalue weighted by atomic mass is 10.1. The third-order valence-corrected chi connectivity index (χ3v) is 6.03. The lowest BCUT2D eigenvalue weighted by Crippen LogP contribution is -2.32. The third-order valence-electron chi connectivity index (χ3n) is 6.03. The second-order valence-corrected chi connectivity index (χ2v) is 9.23. The molecule has 0 aliphatic carbocycles. The summed E-state index contributed by atoms with van der Waals surface area (Å²) in [5, 5.41) is 6.73. The molecule has 212 valence electrons. The minimum Gasteiger partial charge on any atom is -0.493 e. The van der Waals surface area contributed by atoms with Crippen molar-refractivity contribution < 1.29 is 23.9 Å². The van der Waals surface area contributed by atoms with Crippen molar-refractivity contribution in [2.75, 3.05) is 26.1 Å². The van der Waals surface area contributed by atoms with Crippen molar-refractivity contribution in [2.45, 2.75) is 0 Å². The van der Waals surface area contributed by atoms with Crippen molar-refractivity contribution in [2.24, 2.45) is 5.10 Å². The van der Waals surface area contributed by atoms with E-state index in [1.54, 1.807) is 78.9 Å². The van der Waals surface area contributed by atoms with Gasteiger partial charge in [-0.15, -0.1) is 0 Å². The zero-order valence-electron chi connectivity index (χ0n) is 23.4. The fraction of sp³-hybridized carbons (Fsp3) is 0.0909. The Bertz CT molecular complexity index is 1600. The molecule has 0 bridgehead atoms. The average Bonchev–Trinajstić information content (AvgIpc) is 3.02. The van der Waals surface area contributed by atoms with Gasteiger partial charge in [0.25, 0.3) is 11.8 Å². The second-order valence-electron chi connectivity index (χ2n) is 9.23. The van der Waals surface area contributed by atoms with Gasteiger partial charge in [-0.05, 0) is 71.8 Å². The van der Waals surface area contributed by atoms with E-state index in [4.69, 9.17) is 9.47 Å². The average molecular weight is 563 g/mol. The molecule has 0 aromatic heterocycles. The van der Waals surface area contributed by atoms with E-state index in [-0.39, 0.29) is 11.4 Å². The van der Waals surface area contributed by atoms with Gasteiger partial charge in [-0.25, -0.2) is 10.2 Å². The van der Waals surface area contributed by atoms with Crippen LogP contribution in [-0.4, -0.2) is 45.2 Å². The summed E-state index contributed by atoms with van der Waals surface area (Å²) in [7, 11) is 5.32. The number of carbonyl (C=O) groups excluding carboxylic acids is 3. The van der Waals surface area contributed by atoms with E-state index in [0.717, 1.165) is 5.69 Å². The minimum atomic E-state index is -0.618. The zero-order valence-corrected chi connectivity index (χ0v) is 23.4. The molecule has 0 fully saturated rings. The molecule has 0 spiro atoms. The number of anilines is 1. The molecule has 0 aliphatic rings. The zero-order chi connectivity index (χ0) is 29.9. The number of hydrazone groups is 1. The van der Waals surface area contributed by atoms with Crippen molar-refractivity contribution in [3.63, 3.8) is 0 Å². The summed E-state index contributed by atoms with van der Waals surface area (Å²) in [4.78, 5) is 40.3. The topological polar surface area (TPSA) is 109 Å². The van der Waals surface area contributed by atoms with E-state index in [1.165, 1.54) is 13.3 Å². The van der Waals surface area contributed by atoms with Gasteiger partial charge in [0, 0.05) is 25.3 Å². The number of amides is 2. The highest BCUT2D eigenvalue weighted by molar-refractivity contribution is 6.05. The number of hydrogen-bond donors (Lipinski definition) is 2. The molecule has 0 aliphatic heterocycles. The Labute approximate surface area is 244 Å². The smallest absolute Gasteiger partial charge is 0.343 e. The first-order valence-electron chi connectivity index (χ1n) is 13.0. The number of carbonyl (C=O) groups is 3. The summed E-state index contributed by atoms with van der Waals surface area (Å²) >= 11 is 0. The van der Waals surface area contributed by atoms with Gasteiger partial charge in [0.2, 0.25) is 0 Å². The monoisotopic (exact) mass is 562 g/mol. The SMILES string of the molecule is COc1cc(/C=N/NC(=O)/C(=C/c2ccc(N(C)C)cc2)NC(=O)c2ccccc2)ccc1OC(=O)c1ccccc1. The van der Waals surface area contributed by atoms with Crippen LogP contribution in [0.1, 0.15) is 31.8 Å². The maximum atomic E-state index is 13.1. The first kappa shape index (κ1) is 29.3. The Kier molecular flexibility index (Phi) is 9.82. The van der Waals surface area contributed by atoms with E-state index >= 15 is 0 Å². The number of rotatable bonds is 10. The van der Waals surface area contributed by atoms with Crippen LogP contribution >= 0.6 is 0 Å². The third kappa shape index (κ3) is 7.92. The van der Waals surface area contributed by atoms with Crippen molar-refractivity contribution in [1.82, 2.24) is 10.7 Å². The van der Waals surface area contributed by atoms with Crippen LogP contribution in [0.5, 0.6) is 11.5 Å². The molecule has 9 nitrogen and oxygen atoms in total. The van der Waals surface area contributed by atoms with Crippen LogP contribution in [0.15, 0.2) is 114 Å². The number of methoxy groups -OCH3 is 1. The van der Waals surface area contributed by atoms with Crippen LogP contribution in [0.4, 0.5) is 5.69 Å². The quantitative estimate of drug-likeness (QED) is 0.0936. The predicted molar refractivity (Wildman–Crippen MR) is 163 cm³/mol. The summed E-state index contributed by atoms with van der Waals surface area (Å²) in [5.74, 6) is -1.02. The summed E-state index contributed by atoms with van der Waals surface area (Å²) in [6, 6.07) is 29.6. The largest absolute Gasteiger partial charge is 0.493 e. The normalized spacial score (nSPS) is 11.1. The van der Waals surface area contributed by atoms with Crippen molar-refractivity contribution in [3.05, 3.63) is 131 Å². The highest BCUT2D eigenvalue weighted by Crippen LogP contribution is 2.28. The molecule has 2 N–H and O–H groups in total. The Morgan fingerprint density at radius 3 is 2.00 bits per heavy atom. The van der Waals surface area contributed by atoms with Gasteiger partial charge in [-0.2, -0.15) is 5.10 Å². The summed E-state index contributed by atoms with van der Waals surface area (Å²) < 4.78 is 10.9. The number of benzene rings is 4. The van der Waals surface area contributed by atoms with E-state index in [1.807, 2.05) is 49.3 Å². The van der Waals surface area contributed by atoms with Gasteiger partial charge >= 0.3 is 5.97 Å². The highest BCUT2D eigenvalue weighted by atomic mass is 16.6. The van der Waals surface area contributed by atoms with E-state index < -0.39 is 17.8 Å². The van der Waals surface area contributed by atoms with Gasteiger partial charge in [0.15, 0.2) is 11.5 Å². The molecule has 0 atom stereocenters. The Balaban J connectivity index is 1.49. The molecule has 0 radical (unpaired) electrons. The lowest BCUT2D eigenvalue weighted by molar-refractivity contribution is -0.117. The number of nitrogens with one attached hydrogen (secondary N) is 2. The molecule has 2 amide bonds. The Morgan fingerprint density at radius 2 is 1.38 bits per heavy atom. The van der Waals surface area contributed by atoms with Crippen LogP contribution in [0.3, 0.4) is 0 Å². The Morgan fingerprint density at radius 1 is 0.762 bits per heavy atom. The van der Waals surface area contributed by atoms with E-state index in [0.29, 0.717) is 28.0 Å². The maximum absolute atomic E-state index is 13.1.